The molecule has 8 heteroatoms. The third-order valence-corrected chi connectivity index (χ3v) is 2.78. The summed E-state index contributed by atoms with van der Waals surface area (Å²) in [6.07, 6.45) is 3.46. The molecule has 0 aromatic carbocycles. The van der Waals surface area contributed by atoms with Gasteiger partial charge in [0.2, 0.25) is 17.1 Å². The first-order valence-corrected chi connectivity index (χ1v) is 6.35. The fraction of sp³-hybridized carbons (Fsp3) is 0.400. The molecule has 0 unspecified atom stereocenters. The van der Waals surface area contributed by atoms with Crippen LogP contribution in [0.2, 0.25) is 0 Å². The molecule has 2 aromatic heterocycles. The molecule has 0 radical (unpaired) electrons. The van der Waals surface area contributed by atoms with Crippen LogP contribution in [0, 0.1) is 0 Å². The Hall–Kier alpha value is -1.83. The van der Waals surface area contributed by atoms with Crippen LogP contribution in [0.25, 0.3) is 0 Å². The van der Waals surface area contributed by atoms with Gasteiger partial charge in [0.25, 0.3) is 0 Å². The number of nitrogens with zero attached hydrogens (tertiary/aromatic N) is 5. The number of rotatable bonds is 5. The van der Waals surface area contributed by atoms with Crippen LogP contribution in [0.3, 0.4) is 0 Å². The van der Waals surface area contributed by atoms with Crippen molar-refractivity contribution in [3.05, 3.63) is 12.4 Å². The van der Waals surface area contributed by atoms with Crippen molar-refractivity contribution in [2.24, 2.45) is 0 Å². The lowest BCUT2D eigenvalue weighted by molar-refractivity contribution is 0.860. The minimum Gasteiger partial charge on any atom is -0.354 e. The van der Waals surface area contributed by atoms with Gasteiger partial charge in [-0.25, -0.2) is 4.98 Å². The van der Waals surface area contributed by atoms with Crippen LogP contribution in [0.1, 0.15) is 6.92 Å². The van der Waals surface area contributed by atoms with E-state index in [1.807, 2.05) is 25.9 Å². The van der Waals surface area contributed by atoms with Gasteiger partial charge in [-0.1, -0.05) is 0 Å². The summed E-state index contributed by atoms with van der Waals surface area (Å²) in [4.78, 5) is 22.0. The molecule has 96 valence electrons. The zero-order valence-electron chi connectivity index (χ0n) is 10.5. The third-order valence-electron chi connectivity index (χ3n) is 2.00. The molecule has 0 saturated carbocycles. The van der Waals surface area contributed by atoms with Crippen LogP contribution in [0.4, 0.5) is 11.9 Å². The van der Waals surface area contributed by atoms with E-state index in [1.165, 1.54) is 11.8 Å². The van der Waals surface area contributed by atoms with Crippen LogP contribution < -0.4 is 10.2 Å². The predicted octanol–water partition coefficient (Wildman–Crippen LogP) is 1.24. The smallest absolute Gasteiger partial charge is 0.230 e. The van der Waals surface area contributed by atoms with Crippen molar-refractivity contribution in [3.63, 3.8) is 0 Å². The molecule has 0 bridgehead atoms. The van der Waals surface area contributed by atoms with Crippen LogP contribution in [0.15, 0.2) is 22.7 Å². The highest BCUT2D eigenvalue weighted by molar-refractivity contribution is 7.99. The molecule has 2 N–H and O–H groups in total. The van der Waals surface area contributed by atoms with Gasteiger partial charge in [0.05, 0.1) is 0 Å². The quantitative estimate of drug-likeness (QED) is 0.841. The normalized spacial score (nSPS) is 10.4. The van der Waals surface area contributed by atoms with Crippen LogP contribution >= 0.6 is 11.8 Å². The minimum atomic E-state index is 0.574. The molecule has 18 heavy (non-hydrogen) atoms. The van der Waals surface area contributed by atoms with E-state index in [4.69, 9.17) is 0 Å². The first-order chi connectivity index (χ1) is 8.69. The molecular formula is C10H15N7S. The van der Waals surface area contributed by atoms with E-state index in [0.29, 0.717) is 17.1 Å². The number of aromatic nitrogens is 5. The van der Waals surface area contributed by atoms with Crippen molar-refractivity contribution in [2.75, 3.05) is 30.9 Å². The highest BCUT2D eigenvalue weighted by Gasteiger charge is 2.09. The summed E-state index contributed by atoms with van der Waals surface area (Å²) in [6.45, 7) is 2.76. The Morgan fingerprint density at radius 3 is 2.78 bits per heavy atom. The van der Waals surface area contributed by atoms with Gasteiger partial charge in [-0.15, -0.1) is 0 Å². The van der Waals surface area contributed by atoms with Crippen molar-refractivity contribution in [2.45, 2.75) is 17.2 Å². The number of nitrogens with one attached hydrogen (secondary N) is 2. The van der Waals surface area contributed by atoms with Crippen molar-refractivity contribution in [1.82, 2.24) is 24.9 Å². The average molecular weight is 265 g/mol. The average Bonchev–Trinajstić information content (AvgIpc) is 2.82. The highest BCUT2D eigenvalue weighted by atomic mass is 32.2. The molecule has 0 aliphatic rings. The van der Waals surface area contributed by atoms with Gasteiger partial charge in [-0.2, -0.15) is 15.0 Å². The summed E-state index contributed by atoms with van der Waals surface area (Å²) in [5.74, 6) is 1.19. The maximum absolute atomic E-state index is 4.36. The van der Waals surface area contributed by atoms with Gasteiger partial charge < -0.3 is 15.2 Å². The number of H-pyrrole nitrogens is 1. The van der Waals surface area contributed by atoms with Crippen molar-refractivity contribution in [1.29, 1.82) is 0 Å². The molecule has 0 aliphatic heterocycles. The SMILES string of the molecule is CCNc1nc(Sc2ncc[nH]2)nc(N(C)C)n1. The van der Waals surface area contributed by atoms with Gasteiger partial charge in [-0.3, -0.25) is 0 Å². The van der Waals surface area contributed by atoms with E-state index in [1.54, 1.807) is 12.4 Å². The highest BCUT2D eigenvalue weighted by Crippen LogP contribution is 2.22. The third kappa shape index (κ3) is 3.10. The largest absolute Gasteiger partial charge is 0.354 e. The summed E-state index contributed by atoms with van der Waals surface area (Å²) in [6, 6.07) is 0. The lowest BCUT2D eigenvalue weighted by Gasteiger charge is -2.12. The lowest BCUT2D eigenvalue weighted by atomic mass is 10.7. The fourth-order valence-electron chi connectivity index (χ4n) is 1.22. The Bertz CT molecular complexity index is 497. The van der Waals surface area contributed by atoms with Crippen molar-refractivity contribution in [3.8, 4) is 0 Å². The first-order valence-electron chi connectivity index (χ1n) is 5.53. The number of imidazole rings is 1. The first kappa shape index (κ1) is 12.6. The molecule has 0 fully saturated rings. The summed E-state index contributed by atoms with van der Waals surface area (Å²) >= 11 is 1.37. The van der Waals surface area contributed by atoms with Crippen LogP contribution in [0.5, 0.6) is 0 Å². The Balaban J connectivity index is 2.27. The topological polar surface area (TPSA) is 82.6 Å². The van der Waals surface area contributed by atoms with Gasteiger partial charge in [0.15, 0.2) is 5.16 Å². The number of hydrogen-bond donors (Lipinski definition) is 2. The summed E-state index contributed by atoms with van der Waals surface area (Å²) in [5, 5.41) is 4.46. The van der Waals surface area contributed by atoms with E-state index >= 15 is 0 Å². The summed E-state index contributed by atoms with van der Waals surface area (Å²) in [7, 11) is 3.79. The van der Waals surface area contributed by atoms with E-state index in [9.17, 15) is 0 Å². The maximum Gasteiger partial charge on any atom is 0.230 e. The molecule has 0 aliphatic carbocycles. The van der Waals surface area contributed by atoms with Gasteiger partial charge in [0.1, 0.15) is 0 Å². The van der Waals surface area contributed by atoms with E-state index in [0.717, 1.165) is 11.7 Å². The summed E-state index contributed by atoms with van der Waals surface area (Å²) < 4.78 is 0. The van der Waals surface area contributed by atoms with E-state index in [-0.39, 0.29) is 0 Å². The van der Waals surface area contributed by atoms with E-state index < -0.39 is 0 Å². The number of anilines is 2. The molecule has 7 nitrogen and oxygen atoms in total. The Kier molecular flexibility index (Phi) is 3.98. The van der Waals surface area contributed by atoms with Gasteiger partial charge >= 0.3 is 0 Å². The Morgan fingerprint density at radius 2 is 2.17 bits per heavy atom. The maximum atomic E-state index is 4.36. The number of hydrogen-bond acceptors (Lipinski definition) is 7. The van der Waals surface area contributed by atoms with E-state index in [2.05, 4.69) is 30.2 Å². The predicted molar refractivity (Wildman–Crippen MR) is 71.0 cm³/mol. The second-order valence-corrected chi connectivity index (χ2v) is 4.62. The fourth-order valence-corrected chi connectivity index (χ4v) is 1.89. The monoisotopic (exact) mass is 265 g/mol. The van der Waals surface area contributed by atoms with Crippen LogP contribution in [-0.4, -0.2) is 45.6 Å². The Labute approximate surface area is 109 Å². The van der Waals surface area contributed by atoms with Crippen LogP contribution in [-0.2, 0) is 0 Å². The molecule has 2 aromatic rings. The molecule has 0 amide bonds. The standard InChI is InChI=1S/C10H15N7S/c1-4-11-7-14-8(17(2)3)16-10(15-7)18-9-12-5-6-13-9/h5-6H,4H2,1-3H3,(H,12,13)(H,11,14,15,16). The zero-order valence-corrected chi connectivity index (χ0v) is 11.3. The van der Waals surface area contributed by atoms with Gasteiger partial charge in [0, 0.05) is 33.0 Å². The molecule has 0 atom stereocenters. The number of aromatic amines is 1. The minimum absolute atomic E-state index is 0.574. The molecular weight excluding hydrogens is 250 g/mol. The molecule has 2 heterocycles. The molecule has 0 saturated heterocycles. The van der Waals surface area contributed by atoms with Crippen molar-refractivity contribution >= 4 is 23.7 Å². The second-order valence-electron chi connectivity index (χ2n) is 3.66. The lowest BCUT2D eigenvalue weighted by Crippen LogP contribution is -2.15. The Morgan fingerprint density at radius 1 is 1.33 bits per heavy atom. The zero-order chi connectivity index (χ0) is 13.0. The summed E-state index contributed by atoms with van der Waals surface area (Å²) in [5.41, 5.74) is 0. The van der Waals surface area contributed by atoms with Crippen molar-refractivity contribution < 1.29 is 0 Å². The molecule has 0 spiro atoms. The molecule has 2 rings (SSSR count). The van der Waals surface area contributed by atoms with Gasteiger partial charge in [-0.05, 0) is 18.7 Å². The second kappa shape index (κ2) is 5.67.